The van der Waals surface area contributed by atoms with Crippen molar-refractivity contribution in [3.05, 3.63) is 0 Å². The summed E-state index contributed by atoms with van der Waals surface area (Å²) < 4.78 is 0. The second-order valence-electron chi connectivity index (χ2n) is 11.5. The average Bonchev–Trinajstić information content (AvgIpc) is 2.43. The third-order valence-electron chi connectivity index (χ3n) is 8.83. The minimum absolute atomic E-state index is 0.351. The molecule has 0 bridgehead atoms. The monoisotopic (exact) mass is 338 g/mol. The van der Waals surface area contributed by atoms with E-state index in [4.69, 9.17) is 0 Å². The van der Waals surface area contributed by atoms with E-state index >= 15 is 0 Å². The molecular formula is C24H50. The highest BCUT2D eigenvalue weighted by Gasteiger charge is 2.46. The first kappa shape index (κ1) is 24.0. The Hall–Kier alpha value is 0. The van der Waals surface area contributed by atoms with E-state index in [0.29, 0.717) is 21.7 Å². The van der Waals surface area contributed by atoms with Gasteiger partial charge in [0.05, 0.1) is 0 Å². The molecule has 0 aliphatic rings. The second kappa shape index (κ2) is 8.13. The van der Waals surface area contributed by atoms with Crippen LogP contribution in [0, 0.1) is 39.4 Å². The molecule has 0 saturated carbocycles. The molecule has 0 aromatic rings. The van der Waals surface area contributed by atoms with Crippen LogP contribution < -0.4 is 0 Å². The molecule has 0 aliphatic carbocycles. The zero-order chi connectivity index (χ0) is 19.6. The molecule has 0 amide bonds. The van der Waals surface area contributed by atoms with Crippen LogP contribution in [0.1, 0.15) is 116 Å². The lowest BCUT2D eigenvalue weighted by atomic mass is 9.53. The first-order valence-corrected chi connectivity index (χ1v) is 10.5. The van der Waals surface area contributed by atoms with E-state index in [2.05, 4.69) is 90.0 Å². The summed E-state index contributed by atoms with van der Waals surface area (Å²) in [5, 5.41) is 0. The average molecular weight is 339 g/mol. The normalized spacial score (nSPS) is 17.2. The summed E-state index contributed by atoms with van der Waals surface area (Å²) in [4.78, 5) is 0. The van der Waals surface area contributed by atoms with Gasteiger partial charge in [-0.25, -0.2) is 0 Å². The molecule has 2 unspecified atom stereocenters. The topological polar surface area (TPSA) is 0 Å². The van der Waals surface area contributed by atoms with E-state index in [9.17, 15) is 0 Å². The number of hydrogen-bond donors (Lipinski definition) is 0. The molecule has 0 heteroatoms. The van der Waals surface area contributed by atoms with Crippen molar-refractivity contribution in [1.29, 1.82) is 0 Å². The van der Waals surface area contributed by atoms with Crippen LogP contribution in [-0.4, -0.2) is 0 Å². The van der Waals surface area contributed by atoms with Gasteiger partial charge in [0, 0.05) is 0 Å². The van der Waals surface area contributed by atoms with Crippen LogP contribution in [0.4, 0.5) is 0 Å². The summed E-state index contributed by atoms with van der Waals surface area (Å²) in [5.41, 5.74) is 1.46. The van der Waals surface area contributed by atoms with Crippen molar-refractivity contribution >= 4 is 0 Å². The maximum absolute atomic E-state index is 2.52. The third kappa shape index (κ3) is 5.25. The lowest BCUT2D eigenvalue weighted by Crippen LogP contribution is -2.44. The fourth-order valence-corrected chi connectivity index (χ4v) is 4.02. The van der Waals surface area contributed by atoms with Crippen molar-refractivity contribution in [3.63, 3.8) is 0 Å². The predicted molar refractivity (Wildman–Crippen MR) is 112 cm³/mol. The fraction of sp³-hybridized carbons (Fsp3) is 1.00. The number of hydrogen-bond acceptors (Lipinski definition) is 0. The molecule has 0 aliphatic heterocycles. The zero-order valence-electron chi connectivity index (χ0n) is 19.6. The molecule has 24 heavy (non-hydrogen) atoms. The Balaban J connectivity index is 5.23. The largest absolute Gasteiger partial charge is 0.0649 e. The Labute approximate surface area is 155 Å². The standard InChI is InChI=1S/C24H50/c1-14-21(6,7)24(12,13)20(5)17-22(8,9)23(10,11)19(4)16-15-18(2)3/h18-20H,14-17H2,1-13H3. The molecule has 0 N–H and O–H groups in total. The van der Waals surface area contributed by atoms with Gasteiger partial charge in [-0.3, -0.25) is 0 Å². The smallest absolute Gasteiger partial charge is 0.0277 e. The molecule has 0 spiro atoms. The Morgan fingerprint density at radius 1 is 0.583 bits per heavy atom. The highest BCUT2D eigenvalue weighted by molar-refractivity contribution is 4.96. The molecule has 0 rings (SSSR count). The van der Waals surface area contributed by atoms with E-state index in [-0.39, 0.29) is 0 Å². The SMILES string of the molecule is CCC(C)(C)C(C)(C)C(C)CC(C)(C)C(C)(C)C(C)CCC(C)C. The van der Waals surface area contributed by atoms with Gasteiger partial charge < -0.3 is 0 Å². The highest BCUT2D eigenvalue weighted by atomic mass is 14.5. The maximum Gasteiger partial charge on any atom is -0.0277 e. The lowest BCUT2D eigenvalue weighted by molar-refractivity contribution is -0.0292. The van der Waals surface area contributed by atoms with Gasteiger partial charge in [0.2, 0.25) is 0 Å². The first-order valence-electron chi connectivity index (χ1n) is 10.5. The van der Waals surface area contributed by atoms with E-state index in [0.717, 1.165) is 17.8 Å². The van der Waals surface area contributed by atoms with Gasteiger partial charge in [-0.15, -0.1) is 0 Å². The van der Waals surface area contributed by atoms with E-state index < -0.39 is 0 Å². The quantitative estimate of drug-likeness (QED) is 0.374. The second-order valence-corrected chi connectivity index (χ2v) is 11.5. The molecule has 146 valence electrons. The first-order chi connectivity index (χ1) is 10.5. The molecule has 2 atom stereocenters. The summed E-state index contributed by atoms with van der Waals surface area (Å²) >= 11 is 0. The Bertz CT molecular complexity index is 367. The van der Waals surface area contributed by atoms with Gasteiger partial charge in [0.15, 0.2) is 0 Å². The summed E-state index contributed by atoms with van der Waals surface area (Å²) in [6.45, 7) is 32.0. The molecule has 0 heterocycles. The van der Waals surface area contributed by atoms with Crippen molar-refractivity contribution in [2.45, 2.75) is 116 Å². The van der Waals surface area contributed by atoms with Gasteiger partial charge in [-0.05, 0) is 52.3 Å². The lowest BCUT2D eigenvalue weighted by Gasteiger charge is -2.52. The van der Waals surface area contributed by atoms with Gasteiger partial charge >= 0.3 is 0 Å². The predicted octanol–water partition coefficient (Wildman–Crippen LogP) is 8.60. The Kier molecular flexibility index (Phi) is 8.13. The highest BCUT2D eigenvalue weighted by Crippen LogP contribution is 2.55. The van der Waals surface area contributed by atoms with Gasteiger partial charge in [0.1, 0.15) is 0 Å². The maximum atomic E-state index is 2.52. The molecule has 0 aromatic heterocycles. The van der Waals surface area contributed by atoms with Crippen molar-refractivity contribution in [1.82, 2.24) is 0 Å². The molecule has 0 saturated heterocycles. The zero-order valence-corrected chi connectivity index (χ0v) is 19.6. The van der Waals surface area contributed by atoms with Crippen molar-refractivity contribution in [2.75, 3.05) is 0 Å². The summed E-state index contributed by atoms with van der Waals surface area (Å²) in [7, 11) is 0. The van der Waals surface area contributed by atoms with Crippen LogP contribution in [0.5, 0.6) is 0 Å². The van der Waals surface area contributed by atoms with Gasteiger partial charge in [-0.2, -0.15) is 0 Å². The summed E-state index contributed by atoms with van der Waals surface area (Å²) in [6.07, 6.45) is 5.26. The van der Waals surface area contributed by atoms with Gasteiger partial charge in [-0.1, -0.05) is 103 Å². The van der Waals surface area contributed by atoms with Crippen LogP contribution in [-0.2, 0) is 0 Å². The molecular weight excluding hydrogens is 288 g/mol. The Morgan fingerprint density at radius 3 is 1.38 bits per heavy atom. The number of rotatable bonds is 10. The van der Waals surface area contributed by atoms with Crippen molar-refractivity contribution < 1.29 is 0 Å². The van der Waals surface area contributed by atoms with Crippen LogP contribution in [0.15, 0.2) is 0 Å². The van der Waals surface area contributed by atoms with E-state index in [1.165, 1.54) is 25.7 Å². The van der Waals surface area contributed by atoms with Crippen LogP contribution in [0.2, 0.25) is 0 Å². The van der Waals surface area contributed by atoms with Crippen molar-refractivity contribution in [3.8, 4) is 0 Å². The fourth-order valence-electron chi connectivity index (χ4n) is 4.02. The van der Waals surface area contributed by atoms with Crippen LogP contribution in [0.3, 0.4) is 0 Å². The van der Waals surface area contributed by atoms with E-state index in [1.807, 2.05) is 0 Å². The van der Waals surface area contributed by atoms with Crippen molar-refractivity contribution in [2.24, 2.45) is 39.4 Å². The van der Waals surface area contributed by atoms with Crippen LogP contribution >= 0.6 is 0 Å². The minimum Gasteiger partial charge on any atom is -0.0649 e. The summed E-state index contributed by atoms with van der Waals surface area (Å²) in [5.74, 6) is 2.30. The van der Waals surface area contributed by atoms with E-state index in [1.54, 1.807) is 0 Å². The molecule has 0 radical (unpaired) electrons. The van der Waals surface area contributed by atoms with Crippen LogP contribution in [0.25, 0.3) is 0 Å². The molecule has 0 nitrogen and oxygen atoms in total. The molecule has 0 fully saturated rings. The summed E-state index contributed by atoms with van der Waals surface area (Å²) in [6, 6.07) is 0. The third-order valence-corrected chi connectivity index (χ3v) is 8.83. The Morgan fingerprint density at radius 2 is 1.00 bits per heavy atom. The molecule has 0 aromatic carbocycles. The minimum atomic E-state index is 0.351. The van der Waals surface area contributed by atoms with Gasteiger partial charge in [0.25, 0.3) is 0 Å².